The molecular formula is C16H21N3OS. The summed E-state index contributed by atoms with van der Waals surface area (Å²) in [5, 5.41) is 12.5. The first-order valence-electron chi connectivity index (χ1n) is 7.57. The second-order valence-electron chi connectivity index (χ2n) is 5.95. The van der Waals surface area contributed by atoms with Crippen LogP contribution in [0.15, 0.2) is 17.5 Å². The van der Waals surface area contributed by atoms with Crippen molar-refractivity contribution in [3.63, 3.8) is 0 Å². The van der Waals surface area contributed by atoms with Gasteiger partial charge in [-0.2, -0.15) is 5.10 Å². The van der Waals surface area contributed by atoms with E-state index in [1.54, 1.807) is 11.3 Å². The first-order chi connectivity index (χ1) is 10.2. The highest BCUT2D eigenvalue weighted by atomic mass is 32.1. The van der Waals surface area contributed by atoms with Gasteiger partial charge in [-0.25, -0.2) is 0 Å². The van der Waals surface area contributed by atoms with Crippen molar-refractivity contribution >= 4 is 17.2 Å². The molecule has 0 unspecified atom stereocenters. The summed E-state index contributed by atoms with van der Waals surface area (Å²) in [4.78, 5) is 13.8. The molecule has 4 nitrogen and oxygen atoms in total. The molecule has 0 fully saturated rings. The minimum absolute atomic E-state index is 0.0495. The highest BCUT2D eigenvalue weighted by Crippen LogP contribution is 2.27. The van der Waals surface area contributed by atoms with Crippen molar-refractivity contribution in [2.24, 2.45) is 5.92 Å². The Labute approximate surface area is 129 Å². The Morgan fingerprint density at radius 1 is 1.38 bits per heavy atom. The molecule has 112 valence electrons. The SMILES string of the molecule is CC(C)[C@H](NC(=O)c1n[nH]c2c1CCCC2)c1cccs1. The van der Waals surface area contributed by atoms with Crippen LogP contribution in [0.3, 0.4) is 0 Å². The van der Waals surface area contributed by atoms with Gasteiger partial charge in [0.25, 0.3) is 5.91 Å². The molecule has 2 N–H and O–H groups in total. The number of nitrogens with one attached hydrogen (secondary N) is 2. The molecule has 21 heavy (non-hydrogen) atoms. The van der Waals surface area contributed by atoms with Gasteiger partial charge < -0.3 is 5.32 Å². The zero-order valence-corrected chi connectivity index (χ0v) is 13.3. The largest absolute Gasteiger partial charge is 0.343 e. The minimum Gasteiger partial charge on any atom is -0.343 e. The Morgan fingerprint density at radius 3 is 2.90 bits per heavy atom. The maximum atomic E-state index is 12.6. The van der Waals surface area contributed by atoms with Crippen LogP contribution in [-0.2, 0) is 12.8 Å². The van der Waals surface area contributed by atoms with Crippen molar-refractivity contribution < 1.29 is 4.79 Å². The summed E-state index contributed by atoms with van der Waals surface area (Å²) in [5.41, 5.74) is 2.85. The number of aromatic nitrogens is 2. The zero-order valence-electron chi connectivity index (χ0n) is 12.5. The van der Waals surface area contributed by atoms with Crippen LogP contribution < -0.4 is 5.32 Å². The van der Waals surface area contributed by atoms with Gasteiger partial charge in [0, 0.05) is 16.1 Å². The second kappa shape index (κ2) is 6.02. The molecule has 0 saturated heterocycles. The van der Waals surface area contributed by atoms with Crippen molar-refractivity contribution in [1.29, 1.82) is 0 Å². The highest BCUT2D eigenvalue weighted by molar-refractivity contribution is 7.10. The predicted molar refractivity (Wildman–Crippen MR) is 84.6 cm³/mol. The summed E-state index contributed by atoms with van der Waals surface area (Å²) in [6, 6.07) is 4.15. The third kappa shape index (κ3) is 2.88. The topological polar surface area (TPSA) is 57.8 Å². The molecule has 0 radical (unpaired) electrons. The number of amides is 1. The number of hydrogen-bond donors (Lipinski definition) is 2. The van der Waals surface area contributed by atoms with Crippen molar-refractivity contribution in [2.45, 2.75) is 45.6 Å². The van der Waals surface area contributed by atoms with E-state index < -0.39 is 0 Å². The van der Waals surface area contributed by atoms with E-state index in [1.165, 1.54) is 11.3 Å². The van der Waals surface area contributed by atoms with E-state index in [0.29, 0.717) is 11.6 Å². The van der Waals surface area contributed by atoms with Gasteiger partial charge in [0.2, 0.25) is 0 Å². The fraction of sp³-hybridized carbons (Fsp3) is 0.500. The lowest BCUT2D eigenvalue weighted by Crippen LogP contribution is -2.32. The lowest BCUT2D eigenvalue weighted by atomic mass is 9.95. The number of hydrogen-bond acceptors (Lipinski definition) is 3. The molecule has 0 bridgehead atoms. The number of carbonyl (C=O) groups is 1. The molecule has 1 amide bonds. The standard InChI is InChI=1S/C16H21N3OS/c1-10(2)14(13-8-5-9-21-13)17-16(20)15-11-6-3-4-7-12(11)18-19-15/h5,8-10,14H,3-4,6-7H2,1-2H3,(H,17,20)(H,18,19)/t14-/m0/s1. The van der Waals surface area contributed by atoms with E-state index in [0.717, 1.165) is 30.5 Å². The molecule has 1 atom stereocenters. The van der Waals surface area contributed by atoms with Crippen LogP contribution in [0.25, 0.3) is 0 Å². The van der Waals surface area contributed by atoms with Gasteiger partial charge in [-0.1, -0.05) is 19.9 Å². The molecule has 0 aliphatic heterocycles. The number of nitrogens with zero attached hydrogens (tertiary/aromatic N) is 1. The summed E-state index contributed by atoms with van der Waals surface area (Å²) < 4.78 is 0. The molecule has 2 aromatic heterocycles. The third-order valence-corrected chi connectivity index (χ3v) is 5.03. The number of aryl methyl sites for hydroxylation is 1. The fourth-order valence-corrected chi connectivity index (χ4v) is 3.86. The molecule has 0 saturated carbocycles. The van der Waals surface area contributed by atoms with Crippen molar-refractivity contribution in [3.8, 4) is 0 Å². The smallest absolute Gasteiger partial charge is 0.272 e. The first-order valence-corrected chi connectivity index (χ1v) is 8.45. The number of thiophene rings is 1. The predicted octanol–water partition coefficient (Wildman–Crippen LogP) is 3.48. The highest BCUT2D eigenvalue weighted by Gasteiger charge is 2.25. The van der Waals surface area contributed by atoms with Crippen molar-refractivity contribution in [3.05, 3.63) is 39.3 Å². The lowest BCUT2D eigenvalue weighted by molar-refractivity contribution is 0.0920. The monoisotopic (exact) mass is 303 g/mol. The summed E-state index contributed by atoms with van der Waals surface area (Å²) >= 11 is 1.68. The van der Waals surface area contributed by atoms with E-state index in [4.69, 9.17) is 0 Å². The Bertz CT molecular complexity index is 616. The maximum absolute atomic E-state index is 12.6. The Kier molecular flexibility index (Phi) is 4.10. The van der Waals surface area contributed by atoms with Crippen molar-refractivity contribution in [2.75, 3.05) is 0 Å². The Balaban J connectivity index is 1.80. The molecular weight excluding hydrogens is 282 g/mol. The normalized spacial score (nSPS) is 15.8. The van der Waals surface area contributed by atoms with E-state index >= 15 is 0 Å². The van der Waals surface area contributed by atoms with Gasteiger partial charge in [-0.05, 0) is 43.0 Å². The molecule has 1 aliphatic carbocycles. The molecule has 0 spiro atoms. The minimum atomic E-state index is -0.0542. The van der Waals surface area contributed by atoms with Crippen LogP contribution in [0.1, 0.15) is 59.4 Å². The van der Waals surface area contributed by atoms with Crippen LogP contribution in [-0.4, -0.2) is 16.1 Å². The van der Waals surface area contributed by atoms with Crippen molar-refractivity contribution in [1.82, 2.24) is 15.5 Å². The molecule has 2 heterocycles. The summed E-state index contributed by atoms with van der Waals surface area (Å²) in [7, 11) is 0. The average molecular weight is 303 g/mol. The molecule has 1 aliphatic rings. The van der Waals surface area contributed by atoms with E-state index in [9.17, 15) is 4.79 Å². The Hall–Kier alpha value is -1.62. The number of H-pyrrole nitrogens is 1. The van der Waals surface area contributed by atoms with E-state index in [2.05, 4.69) is 35.4 Å². The summed E-state index contributed by atoms with van der Waals surface area (Å²) in [6.07, 6.45) is 4.29. The summed E-state index contributed by atoms with van der Waals surface area (Å²) in [6.45, 7) is 4.26. The quantitative estimate of drug-likeness (QED) is 0.908. The molecule has 0 aromatic carbocycles. The fourth-order valence-electron chi connectivity index (χ4n) is 2.91. The van der Waals surface area contributed by atoms with Gasteiger partial charge in [-0.3, -0.25) is 9.89 Å². The maximum Gasteiger partial charge on any atom is 0.272 e. The second-order valence-corrected chi connectivity index (χ2v) is 6.93. The van der Waals surface area contributed by atoms with Crippen LogP contribution in [0.2, 0.25) is 0 Å². The van der Waals surface area contributed by atoms with Gasteiger partial charge >= 0.3 is 0 Å². The zero-order chi connectivity index (χ0) is 14.8. The van der Waals surface area contributed by atoms with Gasteiger partial charge in [0.05, 0.1) is 6.04 Å². The van der Waals surface area contributed by atoms with Crippen LogP contribution in [0.4, 0.5) is 0 Å². The Morgan fingerprint density at radius 2 is 2.19 bits per heavy atom. The first kappa shape index (κ1) is 14.3. The van der Waals surface area contributed by atoms with E-state index in [-0.39, 0.29) is 11.9 Å². The van der Waals surface area contributed by atoms with E-state index in [1.807, 2.05) is 11.4 Å². The van der Waals surface area contributed by atoms with Gasteiger partial charge in [0.15, 0.2) is 5.69 Å². The van der Waals surface area contributed by atoms with Gasteiger partial charge in [-0.15, -0.1) is 11.3 Å². The number of carbonyl (C=O) groups excluding carboxylic acids is 1. The molecule has 3 rings (SSSR count). The number of fused-ring (bicyclic) bond motifs is 1. The van der Waals surface area contributed by atoms with Crippen LogP contribution in [0.5, 0.6) is 0 Å². The number of aromatic amines is 1. The third-order valence-electron chi connectivity index (χ3n) is 4.07. The molecule has 2 aromatic rings. The average Bonchev–Trinajstić information content (AvgIpc) is 3.13. The molecule has 5 heteroatoms. The van der Waals surface area contributed by atoms with Gasteiger partial charge in [0.1, 0.15) is 0 Å². The number of rotatable bonds is 4. The van der Waals surface area contributed by atoms with Crippen LogP contribution >= 0.6 is 11.3 Å². The summed E-state index contributed by atoms with van der Waals surface area (Å²) in [5.74, 6) is 0.295. The lowest BCUT2D eigenvalue weighted by Gasteiger charge is -2.21. The van der Waals surface area contributed by atoms with Crippen LogP contribution in [0, 0.1) is 5.92 Å².